The Labute approximate surface area is 115 Å². The molecule has 0 saturated heterocycles. The Balaban J connectivity index is 2.05. The predicted molar refractivity (Wildman–Crippen MR) is 79.3 cm³/mol. The Morgan fingerprint density at radius 2 is 1.95 bits per heavy atom. The summed E-state index contributed by atoms with van der Waals surface area (Å²) in [4.78, 5) is 0. The van der Waals surface area contributed by atoms with E-state index in [-0.39, 0.29) is 0 Å². The Morgan fingerprint density at radius 3 is 2.63 bits per heavy atom. The number of nitrogens with one attached hydrogen (secondary N) is 1. The third kappa shape index (κ3) is 3.93. The monoisotopic (exact) mass is 257 g/mol. The molecule has 1 aromatic heterocycles. The van der Waals surface area contributed by atoms with Crippen molar-refractivity contribution in [1.29, 1.82) is 0 Å². The molecule has 1 unspecified atom stereocenters. The SMILES string of the molecule is CC(C)CC(C)NCc1ccccc1-n1cccn1. The molecule has 3 nitrogen and oxygen atoms in total. The molecule has 0 saturated carbocycles. The van der Waals surface area contributed by atoms with Gasteiger partial charge in [-0.05, 0) is 37.0 Å². The molecule has 1 N–H and O–H groups in total. The standard InChI is InChI=1S/C16H23N3/c1-13(2)11-14(3)17-12-15-7-4-5-8-16(15)19-10-6-9-18-19/h4-10,13-14,17H,11-12H2,1-3H3. The summed E-state index contributed by atoms with van der Waals surface area (Å²) in [5.41, 5.74) is 2.43. The van der Waals surface area contributed by atoms with E-state index in [1.54, 1.807) is 0 Å². The van der Waals surface area contributed by atoms with E-state index in [1.807, 2.05) is 23.1 Å². The molecule has 0 aliphatic carbocycles. The van der Waals surface area contributed by atoms with Crippen molar-refractivity contribution in [1.82, 2.24) is 15.1 Å². The van der Waals surface area contributed by atoms with E-state index < -0.39 is 0 Å². The summed E-state index contributed by atoms with van der Waals surface area (Å²) in [7, 11) is 0. The van der Waals surface area contributed by atoms with Crippen LogP contribution in [0, 0.1) is 5.92 Å². The Hall–Kier alpha value is -1.61. The van der Waals surface area contributed by atoms with Crippen molar-refractivity contribution in [2.45, 2.75) is 39.8 Å². The van der Waals surface area contributed by atoms with E-state index in [9.17, 15) is 0 Å². The first-order valence-electron chi connectivity index (χ1n) is 6.98. The van der Waals surface area contributed by atoms with E-state index in [0.717, 1.165) is 18.2 Å². The lowest BCUT2D eigenvalue weighted by Crippen LogP contribution is -2.27. The van der Waals surface area contributed by atoms with Crippen LogP contribution < -0.4 is 5.32 Å². The summed E-state index contributed by atoms with van der Waals surface area (Å²) < 4.78 is 1.92. The fraction of sp³-hybridized carbons (Fsp3) is 0.438. The van der Waals surface area contributed by atoms with Crippen molar-refractivity contribution < 1.29 is 0 Å². The average molecular weight is 257 g/mol. The first-order chi connectivity index (χ1) is 9.16. The van der Waals surface area contributed by atoms with Crippen LogP contribution in [0.5, 0.6) is 0 Å². The number of rotatable bonds is 6. The van der Waals surface area contributed by atoms with Gasteiger partial charge in [0.05, 0.1) is 5.69 Å². The van der Waals surface area contributed by atoms with Gasteiger partial charge < -0.3 is 5.32 Å². The maximum absolute atomic E-state index is 4.31. The van der Waals surface area contributed by atoms with E-state index in [0.29, 0.717) is 6.04 Å². The van der Waals surface area contributed by atoms with Crippen LogP contribution in [-0.4, -0.2) is 15.8 Å². The van der Waals surface area contributed by atoms with Gasteiger partial charge in [-0.15, -0.1) is 0 Å². The molecule has 1 heterocycles. The van der Waals surface area contributed by atoms with Crippen molar-refractivity contribution >= 4 is 0 Å². The lowest BCUT2D eigenvalue weighted by atomic mass is 10.0. The Bertz CT molecular complexity index is 488. The highest BCUT2D eigenvalue weighted by atomic mass is 15.3. The van der Waals surface area contributed by atoms with Crippen molar-refractivity contribution in [3.8, 4) is 5.69 Å². The molecule has 0 bridgehead atoms. The van der Waals surface area contributed by atoms with Gasteiger partial charge in [0, 0.05) is 25.0 Å². The summed E-state index contributed by atoms with van der Waals surface area (Å²) >= 11 is 0. The molecule has 0 radical (unpaired) electrons. The third-order valence-electron chi connectivity index (χ3n) is 3.21. The second-order valence-corrected chi connectivity index (χ2v) is 5.49. The first-order valence-corrected chi connectivity index (χ1v) is 6.98. The molecular weight excluding hydrogens is 234 g/mol. The van der Waals surface area contributed by atoms with Crippen LogP contribution >= 0.6 is 0 Å². The van der Waals surface area contributed by atoms with Crippen LogP contribution in [0.1, 0.15) is 32.8 Å². The molecule has 2 rings (SSSR count). The highest BCUT2D eigenvalue weighted by Gasteiger charge is 2.07. The molecular formula is C16H23N3. The Morgan fingerprint density at radius 1 is 1.16 bits per heavy atom. The number of benzene rings is 1. The highest BCUT2D eigenvalue weighted by molar-refractivity contribution is 5.40. The molecule has 102 valence electrons. The molecule has 0 aliphatic heterocycles. The minimum atomic E-state index is 0.533. The van der Waals surface area contributed by atoms with Crippen molar-refractivity contribution in [2.24, 2.45) is 5.92 Å². The van der Waals surface area contributed by atoms with Gasteiger partial charge in [0.25, 0.3) is 0 Å². The molecule has 3 heteroatoms. The number of nitrogens with zero attached hydrogens (tertiary/aromatic N) is 2. The minimum absolute atomic E-state index is 0.533. The summed E-state index contributed by atoms with van der Waals surface area (Å²) in [6.07, 6.45) is 4.99. The van der Waals surface area contributed by atoms with E-state index >= 15 is 0 Å². The molecule has 2 aromatic rings. The van der Waals surface area contributed by atoms with Gasteiger partial charge in [0.2, 0.25) is 0 Å². The average Bonchev–Trinajstić information content (AvgIpc) is 2.89. The quantitative estimate of drug-likeness (QED) is 0.859. The lowest BCUT2D eigenvalue weighted by Gasteiger charge is -2.17. The van der Waals surface area contributed by atoms with E-state index in [1.165, 1.54) is 12.0 Å². The number of para-hydroxylation sites is 1. The first kappa shape index (κ1) is 13.8. The fourth-order valence-electron chi connectivity index (χ4n) is 2.37. The zero-order valence-electron chi connectivity index (χ0n) is 12.0. The fourth-order valence-corrected chi connectivity index (χ4v) is 2.37. The number of hydrogen-bond acceptors (Lipinski definition) is 2. The predicted octanol–water partition coefficient (Wildman–Crippen LogP) is 3.40. The van der Waals surface area contributed by atoms with Crippen LogP contribution in [0.25, 0.3) is 5.69 Å². The van der Waals surface area contributed by atoms with Crippen LogP contribution in [-0.2, 0) is 6.54 Å². The van der Waals surface area contributed by atoms with Crippen LogP contribution in [0.2, 0.25) is 0 Å². The minimum Gasteiger partial charge on any atom is -0.310 e. The molecule has 1 aromatic carbocycles. The summed E-state index contributed by atoms with van der Waals surface area (Å²) in [6, 6.07) is 10.9. The van der Waals surface area contributed by atoms with Gasteiger partial charge in [-0.3, -0.25) is 0 Å². The zero-order chi connectivity index (χ0) is 13.7. The molecule has 0 spiro atoms. The smallest absolute Gasteiger partial charge is 0.0690 e. The maximum atomic E-state index is 4.31. The normalized spacial score (nSPS) is 12.8. The van der Waals surface area contributed by atoms with E-state index in [4.69, 9.17) is 0 Å². The number of aromatic nitrogens is 2. The van der Waals surface area contributed by atoms with Gasteiger partial charge in [-0.1, -0.05) is 32.0 Å². The van der Waals surface area contributed by atoms with Crippen LogP contribution in [0.15, 0.2) is 42.7 Å². The van der Waals surface area contributed by atoms with Gasteiger partial charge in [0.1, 0.15) is 0 Å². The van der Waals surface area contributed by atoms with Gasteiger partial charge in [-0.2, -0.15) is 5.10 Å². The second kappa shape index (κ2) is 6.53. The summed E-state index contributed by atoms with van der Waals surface area (Å²) in [6.45, 7) is 7.65. The van der Waals surface area contributed by atoms with E-state index in [2.05, 4.69) is 55.5 Å². The molecule has 0 amide bonds. The highest BCUT2D eigenvalue weighted by Crippen LogP contribution is 2.14. The summed E-state index contributed by atoms with van der Waals surface area (Å²) in [5.74, 6) is 0.726. The molecule has 0 fully saturated rings. The van der Waals surface area contributed by atoms with Crippen molar-refractivity contribution in [3.63, 3.8) is 0 Å². The summed E-state index contributed by atoms with van der Waals surface area (Å²) in [5, 5.41) is 7.90. The molecule has 19 heavy (non-hydrogen) atoms. The molecule has 0 aliphatic rings. The van der Waals surface area contributed by atoms with Crippen molar-refractivity contribution in [2.75, 3.05) is 0 Å². The Kier molecular flexibility index (Phi) is 4.74. The number of hydrogen-bond donors (Lipinski definition) is 1. The maximum Gasteiger partial charge on any atom is 0.0690 e. The van der Waals surface area contributed by atoms with Crippen molar-refractivity contribution in [3.05, 3.63) is 48.3 Å². The topological polar surface area (TPSA) is 29.9 Å². The second-order valence-electron chi connectivity index (χ2n) is 5.49. The van der Waals surface area contributed by atoms with Gasteiger partial charge >= 0.3 is 0 Å². The van der Waals surface area contributed by atoms with Crippen LogP contribution in [0.4, 0.5) is 0 Å². The third-order valence-corrected chi connectivity index (χ3v) is 3.21. The zero-order valence-corrected chi connectivity index (χ0v) is 12.0. The van der Waals surface area contributed by atoms with Crippen LogP contribution in [0.3, 0.4) is 0 Å². The largest absolute Gasteiger partial charge is 0.310 e. The lowest BCUT2D eigenvalue weighted by molar-refractivity contribution is 0.441. The van der Waals surface area contributed by atoms with Gasteiger partial charge in [-0.25, -0.2) is 4.68 Å². The molecule has 1 atom stereocenters. The van der Waals surface area contributed by atoms with Gasteiger partial charge in [0.15, 0.2) is 0 Å².